The molecule has 1 aromatic carbocycles. The fourth-order valence-electron chi connectivity index (χ4n) is 1.40. The molecule has 0 aliphatic heterocycles. The summed E-state index contributed by atoms with van der Waals surface area (Å²) in [4.78, 5) is 10.3. The van der Waals surface area contributed by atoms with E-state index in [1.807, 2.05) is 0 Å². The van der Waals surface area contributed by atoms with E-state index in [2.05, 4.69) is 10.2 Å². The third-order valence-electron chi connectivity index (χ3n) is 2.25. The predicted octanol–water partition coefficient (Wildman–Crippen LogP) is 1.46. The van der Waals surface area contributed by atoms with Crippen LogP contribution in [0.25, 0.3) is 0 Å². The van der Waals surface area contributed by atoms with Crippen LogP contribution in [0.4, 0.5) is 5.69 Å². The van der Waals surface area contributed by atoms with Gasteiger partial charge in [-0.25, -0.2) is 0 Å². The molecule has 19 heavy (non-hydrogen) atoms. The number of benzene rings is 1. The average molecular weight is 259 g/mol. The molecule has 0 spiro atoms. The minimum absolute atomic E-state index is 0.00972. The maximum atomic E-state index is 10.9. The highest BCUT2D eigenvalue weighted by Crippen LogP contribution is 2.30. The first-order chi connectivity index (χ1) is 9.09. The monoisotopic (exact) mass is 259 g/mol. The number of rotatable bonds is 4. The molecule has 0 atom stereocenters. The average Bonchev–Trinajstić information content (AvgIpc) is 2.39. The van der Waals surface area contributed by atoms with Crippen molar-refractivity contribution in [2.24, 2.45) is 5.73 Å². The lowest BCUT2D eigenvalue weighted by Gasteiger charge is -2.07. The molecule has 0 bridgehead atoms. The maximum Gasteiger partial charge on any atom is 0.311 e. The van der Waals surface area contributed by atoms with Gasteiger partial charge in [-0.3, -0.25) is 15.5 Å². The van der Waals surface area contributed by atoms with E-state index >= 15 is 0 Å². The van der Waals surface area contributed by atoms with Crippen molar-refractivity contribution < 1.29 is 9.66 Å². The summed E-state index contributed by atoms with van der Waals surface area (Å²) >= 11 is 0. The summed E-state index contributed by atoms with van der Waals surface area (Å²) in [5, 5.41) is 25.5. The number of hydrogen-bond donors (Lipinski definition) is 2. The molecule has 0 amide bonds. The Hall–Kier alpha value is -3.03. The number of nitrogens with one attached hydrogen (secondary N) is 1. The van der Waals surface area contributed by atoms with Gasteiger partial charge in [-0.2, -0.15) is 5.10 Å². The van der Waals surface area contributed by atoms with Gasteiger partial charge in [0.2, 0.25) is 11.6 Å². The molecule has 2 aromatic rings. The zero-order valence-electron chi connectivity index (χ0n) is 9.61. The van der Waals surface area contributed by atoms with E-state index in [-0.39, 0.29) is 28.7 Å². The molecule has 0 saturated carbocycles. The lowest BCUT2D eigenvalue weighted by atomic mass is 10.2. The van der Waals surface area contributed by atoms with Crippen LogP contribution in [0.15, 0.2) is 36.5 Å². The molecule has 3 N–H and O–H groups in total. The van der Waals surface area contributed by atoms with Crippen molar-refractivity contribution in [3.05, 3.63) is 52.2 Å². The van der Waals surface area contributed by atoms with Gasteiger partial charge >= 0.3 is 5.69 Å². The van der Waals surface area contributed by atoms with Gasteiger partial charge in [0.15, 0.2) is 0 Å². The molecule has 0 aliphatic carbocycles. The van der Waals surface area contributed by atoms with Crippen LogP contribution < -0.4 is 10.5 Å². The van der Waals surface area contributed by atoms with E-state index in [9.17, 15) is 10.1 Å². The number of nitrogens with two attached hydrogens (primary N) is 1. The Labute approximate surface area is 107 Å². The third-order valence-corrected chi connectivity index (χ3v) is 2.25. The fourth-order valence-corrected chi connectivity index (χ4v) is 1.40. The van der Waals surface area contributed by atoms with Crippen molar-refractivity contribution in [3.63, 3.8) is 0 Å². The molecule has 96 valence electrons. The molecule has 1 aromatic heterocycles. The summed E-state index contributed by atoms with van der Waals surface area (Å²) in [7, 11) is 0. The zero-order chi connectivity index (χ0) is 13.8. The number of nitrogen functional groups attached to an aromatic ring is 1. The van der Waals surface area contributed by atoms with Gasteiger partial charge in [-0.1, -0.05) is 12.1 Å². The lowest BCUT2D eigenvalue weighted by molar-refractivity contribution is -0.385. The second kappa shape index (κ2) is 5.08. The molecule has 0 saturated heterocycles. The normalized spacial score (nSPS) is 9.89. The van der Waals surface area contributed by atoms with Crippen LogP contribution in [0, 0.1) is 15.5 Å². The van der Waals surface area contributed by atoms with Gasteiger partial charge in [-0.05, 0) is 12.1 Å². The number of amidine groups is 1. The minimum Gasteiger partial charge on any atom is -0.430 e. The van der Waals surface area contributed by atoms with Gasteiger partial charge in [-0.15, -0.1) is 5.10 Å². The molecule has 8 nitrogen and oxygen atoms in total. The number of ether oxygens (including phenoxy) is 1. The summed E-state index contributed by atoms with van der Waals surface area (Å²) in [6, 6.07) is 7.29. The second-order valence-corrected chi connectivity index (χ2v) is 3.49. The number of nitrogens with zero attached hydrogens (tertiary/aromatic N) is 3. The topological polar surface area (TPSA) is 128 Å². The van der Waals surface area contributed by atoms with Crippen molar-refractivity contribution in [1.29, 1.82) is 5.41 Å². The number of nitro benzene ring substituents is 1. The molecule has 0 unspecified atom stereocenters. The van der Waals surface area contributed by atoms with E-state index < -0.39 is 4.92 Å². The first-order valence-electron chi connectivity index (χ1n) is 5.17. The van der Waals surface area contributed by atoms with E-state index in [1.165, 1.54) is 30.5 Å². The Bertz CT molecular complexity index is 588. The summed E-state index contributed by atoms with van der Waals surface area (Å²) < 4.78 is 5.33. The summed E-state index contributed by atoms with van der Waals surface area (Å²) in [5.41, 5.74) is 5.38. The van der Waals surface area contributed by atoms with Gasteiger partial charge in [0, 0.05) is 6.07 Å². The van der Waals surface area contributed by atoms with Gasteiger partial charge in [0.1, 0.15) is 5.84 Å². The van der Waals surface area contributed by atoms with Crippen LogP contribution >= 0.6 is 0 Å². The minimum atomic E-state index is -0.570. The standard InChI is InChI=1S/C11H9N5O3/c12-10(13)7-5-6-14-15-11(7)19-9-4-2-1-3-8(9)16(17)18/h1-6H,(H3,12,13). The SMILES string of the molecule is N=C(N)c1ccnnc1Oc1ccccc1[N+](=O)[O-]. The van der Waals surface area contributed by atoms with E-state index in [0.29, 0.717) is 0 Å². The van der Waals surface area contributed by atoms with Gasteiger partial charge in [0.05, 0.1) is 16.7 Å². The maximum absolute atomic E-state index is 10.9. The molecule has 0 aliphatic rings. The molecule has 1 heterocycles. The number of nitro groups is 1. The lowest BCUT2D eigenvalue weighted by Crippen LogP contribution is -2.13. The highest BCUT2D eigenvalue weighted by atomic mass is 16.6. The highest BCUT2D eigenvalue weighted by molar-refractivity contribution is 5.97. The first-order valence-corrected chi connectivity index (χ1v) is 5.17. The van der Waals surface area contributed by atoms with E-state index in [0.717, 1.165) is 0 Å². The molecule has 0 radical (unpaired) electrons. The number of hydrogen-bond acceptors (Lipinski definition) is 6. The van der Waals surface area contributed by atoms with E-state index in [1.54, 1.807) is 6.07 Å². The number of para-hydroxylation sites is 2. The van der Waals surface area contributed by atoms with Crippen LogP contribution in [0.5, 0.6) is 11.6 Å². The summed E-state index contributed by atoms with van der Waals surface area (Å²) in [6.07, 6.45) is 1.35. The number of aromatic nitrogens is 2. The van der Waals surface area contributed by atoms with Crippen LogP contribution in [0.3, 0.4) is 0 Å². The van der Waals surface area contributed by atoms with Crippen LogP contribution in [-0.2, 0) is 0 Å². The quantitative estimate of drug-likeness (QED) is 0.370. The Morgan fingerprint density at radius 2 is 2.11 bits per heavy atom. The van der Waals surface area contributed by atoms with Crippen LogP contribution in [0.1, 0.15) is 5.56 Å². The van der Waals surface area contributed by atoms with Crippen molar-refractivity contribution >= 4 is 11.5 Å². The Kier molecular flexibility index (Phi) is 3.33. The van der Waals surface area contributed by atoms with Crippen LogP contribution in [-0.4, -0.2) is 21.0 Å². The molecular formula is C11H9N5O3. The summed E-state index contributed by atoms with van der Waals surface area (Å²) in [5.74, 6) is -0.303. The van der Waals surface area contributed by atoms with Gasteiger partial charge < -0.3 is 10.5 Å². The van der Waals surface area contributed by atoms with Crippen LogP contribution in [0.2, 0.25) is 0 Å². The second-order valence-electron chi connectivity index (χ2n) is 3.49. The smallest absolute Gasteiger partial charge is 0.311 e. The van der Waals surface area contributed by atoms with Gasteiger partial charge in [0.25, 0.3) is 0 Å². The molecular weight excluding hydrogens is 250 g/mol. The van der Waals surface area contributed by atoms with Crippen molar-refractivity contribution in [2.75, 3.05) is 0 Å². The van der Waals surface area contributed by atoms with Crippen molar-refractivity contribution in [3.8, 4) is 11.6 Å². The zero-order valence-corrected chi connectivity index (χ0v) is 9.61. The fraction of sp³-hybridized carbons (Fsp3) is 0. The van der Waals surface area contributed by atoms with Crippen molar-refractivity contribution in [2.45, 2.75) is 0 Å². The Morgan fingerprint density at radius 1 is 1.37 bits per heavy atom. The highest BCUT2D eigenvalue weighted by Gasteiger charge is 2.17. The molecule has 8 heteroatoms. The predicted molar refractivity (Wildman–Crippen MR) is 66.2 cm³/mol. The summed E-state index contributed by atoms with van der Waals surface area (Å²) in [6.45, 7) is 0. The Morgan fingerprint density at radius 3 is 2.79 bits per heavy atom. The molecule has 2 rings (SSSR count). The Balaban J connectivity index is 2.42. The van der Waals surface area contributed by atoms with E-state index in [4.69, 9.17) is 15.9 Å². The first kappa shape index (κ1) is 12.4. The third kappa shape index (κ3) is 2.63. The largest absolute Gasteiger partial charge is 0.430 e. The van der Waals surface area contributed by atoms with Crippen molar-refractivity contribution in [1.82, 2.24) is 10.2 Å². The molecule has 0 fully saturated rings.